The Morgan fingerprint density at radius 1 is 0.854 bits per heavy atom. The van der Waals surface area contributed by atoms with Crippen molar-refractivity contribution in [3.05, 3.63) is 95.1 Å². The van der Waals surface area contributed by atoms with Gasteiger partial charge in [-0.15, -0.1) is 0 Å². The summed E-state index contributed by atoms with van der Waals surface area (Å²) in [5.74, 6) is 0.131. The Labute approximate surface area is 243 Å². The highest BCUT2D eigenvalue weighted by Crippen LogP contribution is 2.44. The Balaban J connectivity index is 1.26. The molecule has 2 amide bonds. The lowest BCUT2D eigenvalue weighted by atomic mass is 9.98. The smallest absolute Gasteiger partial charge is 0.407 e. The van der Waals surface area contributed by atoms with Crippen molar-refractivity contribution in [2.45, 2.75) is 70.3 Å². The van der Waals surface area contributed by atoms with E-state index in [1.807, 2.05) is 41.3 Å². The van der Waals surface area contributed by atoms with E-state index in [9.17, 15) is 14.4 Å². The van der Waals surface area contributed by atoms with Gasteiger partial charge in [0, 0.05) is 31.8 Å². The van der Waals surface area contributed by atoms with E-state index in [1.165, 1.54) is 16.7 Å². The van der Waals surface area contributed by atoms with Crippen molar-refractivity contribution in [1.82, 2.24) is 10.2 Å². The van der Waals surface area contributed by atoms with Crippen LogP contribution in [0.5, 0.6) is 0 Å². The van der Waals surface area contributed by atoms with Crippen LogP contribution in [0.15, 0.2) is 72.8 Å². The van der Waals surface area contributed by atoms with E-state index < -0.39 is 12.1 Å². The number of hydrogen-bond acceptors (Lipinski definition) is 4. The molecule has 0 bridgehead atoms. The second kappa shape index (κ2) is 13.6. The molecule has 2 aliphatic rings. The van der Waals surface area contributed by atoms with Crippen molar-refractivity contribution < 1.29 is 19.1 Å². The molecule has 0 saturated carbocycles. The first-order valence-electron chi connectivity index (χ1n) is 15.0. The quantitative estimate of drug-likeness (QED) is 0.277. The van der Waals surface area contributed by atoms with E-state index in [-0.39, 0.29) is 24.2 Å². The molecule has 0 radical (unpaired) electrons. The third-order valence-electron chi connectivity index (χ3n) is 8.28. The van der Waals surface area contributed by atoms with Gasteiger partial charge in [0.25, 0.3) is 0 Å². The topological polar surface area (TPSA) is 75.7 Å². The molecule has 214 valence electrons. The first kappa shape index (κ1) is 28.6. The summed E-state index contributed by atoms with van der Waals surface area (Å²) in [6.45, 7) is 3.28. The van der Waals surface area contributed by atoms with E-state index in [4.69, 9.17) is 4.74 Å². The van der Waals surface area contributed by atoms with Crippen LogP contribution in [0.3, 0.4) is 0 Å². The molecule has 6 nitrogen and oxygen atoms in total. The molecule has 1 atom stereocenters. The van der Waals surface area contributed by atoms with E-state index >= 15 is 0 Å². The molecular formula is C35H40N2O4. The lowest BCUT2D eigenvalue weighted by Gasteiger charge is -2.31. The molecular weight excluding hydrogens is 512 g/mol. The van der Waals surface area contributed by atoms with Crippen LogP contribution in [0.25, 0.3) is 11.1 Å². The number of carbonyl (C=O) groups excluding carboxylic acids is 3. The minimum atomic E-state index is -0.697. The predicted octanol–water partition coefficient (Wildman–Crippen LogP) is 6.45. The van der Waals surface area contributed by atoms with Gasteiger partial charge in [-0.3, -0.25) is 4.79 Å². The van der Waals surface area contributed by atoms with Crippen molar-refractivity contribution in [2.75, 3.05) is 19.7 Å². The number of ketones is 1. The van der Waals surface area contributed by atoms with Crippen LogP contribution in [-0.2, 0) is 27.2 Å². The predicted molar refractivity (Wildman–Crippen MR) is 161 cm³/mol. The zero-order chi connectivity index (χ0) is 28.6. The number of fused-ring (bicyclic) bond motifs is 3. The maximum atomic E-state index is 13.6. The summed E-state index contributed by atoms with van der Waals surface area (Å²) >= 11 is 0. The van der Waals surface area contributed by atoms with E-state index in [0.717, 1.165) is 68.3 Å². The maximum Gasteiger partial charge on any atom is 0.407 e. The number of hydrogen-bond donors (Lipinski definition) is 1. The van der Waals surface area contributed by atoms with Crippen LogP contribution in [0.4, 0.5) is 4.79 Å². The number of aryl methyl sites for hydroxylation is 1. The molecule has 6 heteroatoms. The maximum absolute atomic E-state index is 13.6. The van der Waals surface area contributed by atoms with Crippen LogP contribution in [-0.4, -0.2) is 48.4 Å². The largest absolute Gasteiger partial charge is 0.449 e. The molecule has 1 aliphatic carbocycles. The molecule has 3 aromatic rings. The Morgan fingerprint density at radius 3 is 2.20 bits per heavy atom. The number of alkyl carbamates (subject to hydrolysis) is 1. The molecule has 1 fully saturated rings. The van der Waals surface area contributed by atoms with Crippen molar-refractivity contribution in [1.29, 1.82) is 0 Å². The van der Waals surface area contributed by atoms with Gasteiger partial charge >= 0.3 is 6.09 Å². The Morgan fingerprint density at radius 2 is 1.51 bits per heavy atom. The van der Waals surface area contributed by atoms with Gasteiger partial charge in [0.05, 0.1) is 0 Å². The van der Waals surface area contributed by atoms with Crippen LogP contribution in [0.1, 0.15) is 73.6 Å². The SMILES string of the molecule is CC(=O)CCCCc1cccc(C[C@H](NC(=O)OCC2c3ccccc3-c3ccccc32)C(=O)N2CCCCC2)c1. The molecule has 1 N–H and O–H groups in total. The Kier molecular flexibility index (Phi) is 9.50. The fourth-order valence-electron chi connectivity index (χ4n) is 6.17. The number of likely N-dealkylation sites (tertiary alicyclic amines) is 1. The van der Waals surface area contributed by atoms with E-state index in [2.05, 4.69) is 41.7 Å². The van der Waals surface area contributed by atoms with E-state index in [1.54, 1.807) is 6.92 Å². The lowest BCUT2D eigenvalue weighted by molar-refractivity contribution is -0.134. The van der Waals surface area contributed by atoms with Crippen LogP contribution in [0.2, 0.25) is 0 Å². The molecule has 0 aromatic heterocycles. The number of piperidine rings is 1. The van der Waals surface area contributed by atoms with Gasteiger partial charge in [0.2, 0.25) is 5.91 Å². The summed E-state index contributed by atoms with van der Waals surface area (Å²) in [6, 6.07) is 24.0. The van der Waals surface area contributed by atoms with Crippen LogP contribution in [0, 0.1) is 0 Å². The minimum Gasteiger partial charge on any atom is -0.449 e. The number of Topliss-reactive ketones (excluding diaryl/α,β-unsaturated/α-hetero) is 1. The monoisotopic (exact) mass is 552 g/mol. The fraction of sp³-hybridized carbons (Fsp3) is 0.400. The first-order chi connectivity index (χ1) is 20.0. The summed E-state index contributed by atoms with van der Waals surface area (Å²) in [4.78, 5) is 39.9. The van der Waals surface area contributed by atoms with Gasteiger partial charge in [-0.05, 0) is 78.8 Å². The molecule has 3 aromatic carbocycles. The zero-order valence-corrected chi connectivity index (χ0v) is 23.9. The third-order valence-corrected chi connectivity index (χ3v) is 8.28. The normalized spacial score (nSPS) is 15.1. The summed E-state index contributed by atoms with van der Waals surface area (Å²) in [5, 5.41) is 2.93. The summed E-state index contributed by atoms with van der Waals surface area (Å²) in [5.41, 5.74) is 6.85. The van der Waals surface area contributed by atoms with E-state index in [0.29, 0.717) is 12.8 Å². The minimum absolute atomic E-state index is 0.0379. The highest BCUT2D eigenvalue weighted by atomic mass is 16.5. The first-order valence-corrected chi connectivity index (χ1v) is 15.0. The summed E-state index contributed by atoms with van der Waals surface area (Å²) in [6.07, 6.45) is 6.24. The van der Waals surface area contributed by atoms with Gasteiger partial charge in [-0.1, -0.05) is 72.8 Å². The lowest BCUT2D eigenvalue weighted by Crippen LogP contribution is -2.51. The van der Waals surface area contributed by atoms with Gasteiger partial charge in [0.15, 0.2) is 0 Å². The number of rotatable bonds is 11. The number of benzene rings is 3. The molecule has 1 aliphatic heterocycles. The molecule has 5 rings (SSSR count). The zero-order valence-electron chi connectivity index (χ0n) is 23.9. The van der Waals surface area contributed by atoms with Gasteiger partial charge in [-0.2, -0.15) is 0 Å². The standard InChI is InChI=1S/C35H40N2O4/c1-25(38)12-3-4-13-26-14-11-15-27(22-26)23-33(34(39)37-20-9-2-10-21-37)36-35(40)41-24-32-30-18-7-5-16-28(30)29-17-6-8-19-31(29)32/h5-8,11,14-19,22,32-33H,2-4,9-10,12-13,20-21,23-24H2,1H3,(H,36,40)/t33-/m0/s1. The number of unbranched alkanes of at least 4 members (excludes halogenated alkanes) is 1. The third kappa shape index (κ3) is 7.24. The number of amides is 2. The molecule has 1 heterocycles. The highest BCUT2D eigenvalue weighted by Gasteiger charge is 2.31. The highest BCUT2D eigenvalue weighted by molar-refractivity contribution is 5.86. The number of nitrogens with zero attached hydrogens (tertiary/aromatic N) is 1. The average Bonchev–Trinajstić information content (AvgIpc) is 3.32. The number of carbonyl (C=O) groups is 3. The second-order valence-electron chi connectivity index (χ2n) is 11.3. The Hall–Kier alpha value is -3.93. The van der Waals surface area contributed by atoms with Crippen molar-refractivity contribution in [3.63, 3.8) is 0 Å². The fourth-order valence-corrected chi connectivity index (χ4v) is 6.17. The van der Waals surface area contributed by atoms with Gasteiger partial charge < -0.3 is 19.7 Å². The second-order valence-corrected chi connectivity index (χ2v) is 11.3. The Bertz CT molecular complexity index is 1330. The molecule has 1 saturated heterocycles. The van der Waals surface area contributed by atoms with Crippen LogP contribution >= 0.6 is 0 Å². The van der Waals surface area contributed by atoms with Crippen LogP contribution < -0.4 is 5.32 Å². The van der Waals surface area contributed by atoms with Crippen molar-refractivity contribution in [3.8, 4) is 11.1 Å². The average molecular weight is 553 g/mol. The number of ether oxygens (including phenoxy) is 1. The van der Waals surface area contributed by atoms with Gasteiger partial charge in [-0.25, -0.2) is 4.79 Å². The van der Waals surface area contributed by atoms with Gasteiger partial charge in [0.1, 0.15) is 18.4 Å². The number of nitrogens with one attached hydrogen (secondary N) is 1. The van der Waals surface area contributed by atoms with Crippen molar-refractivity contribution in [2.24, 2.45) is 0 Å². The molecule has 0 unspecified atom stereocenters. The summed E-state index contributed by atoms with van der Waals surface area (Å²) < 4.78 is 5.81. The summed E-state index contributed by atoms with van der Waals surface area (Å²) in [7, 11) is 0. The molecule has 0 spiro atoms. The molecule has 41 heavy (non-hydrogen) atoms. The van der Waals surface area contributed by atoms with Crippen molar-refractivity contribution >= 4 is 17.8 Å².